The third kappa shape index (κ3) is 4.16. The van der Waals surface area contributed by atoms with Crippen LogP contribution in [0, 0.1) is 12.3 Å². The predicted octanol–water partition coefficient (Wildman–Crippen LogP) is 2.59. The van der Waals surface area contributed by atoms with Crippen LogP contribution in [0.2, 0.25) is 0 Å². The first-order valence-electron chi connectivity index (χ1n) is 7.36. The molecular formula is C16H22N2O3S. The van der Waals surface area contributed by atoms with Gasteiger partial charge in [0.1, 0.15) is 0 Å². The lowest BCUT2D eigenvalue weighted by Crippen LogP contribution is -2.41. The molecule has 120 valence electrons. The Labute approximate surface area is 135 Å². The Morgan fingerprint density at radius 2 is 2.05 bits per heavy atom. The fourth-order valence-corrected chi connectivity index (χ4v) is 3.15. The molecule has 0 aromatic heterocycles. The molecule has 1 aliphatic rings. The summed E-state index contributed by atoms with van der Waals surface area (Å²) >= 11 is 1.69. The quantitative estimate of drug-likeness (QED) is 0.646. The molecule has 1 aromatic carbocycles. The molecule has 1 aromatic rings. The Hall–Kier alpha value is -1.69. The number of hydrogen-bond donors (Lipinski definition) is 2. The Kier molecular flexibility index (Phi) is 5.34. The van der Waals surface area contributed by atoms with Gasteiger partial charge in [0.05, 0.1) is 5.41 Å². The van der Waals surface area contributed by atoms with Gasteiger partial charge in [-0.2, -0.15) is 0 Å². The standard InChI is InChI=1S/C16H22N2O3S/c1-12-3-5-13(6-4-12)22-10-8-17-15(21)18-9-7-16(2,11-18)14(19)20/h3-6H,7-11H2,1-2H3,(H,17,21)(H,19,20). The minimum atomic E-state index is -0.835. The van der Waals surface area contributed by atoms with Crippen LogP contribution in [0.3, 0.4) is 0 Å². The van der Waals surface area contributed by atoms with E-state index in [1.165, 1.54) is 10.5 Å². The third-order valence-corrected chi connectivity index (χ3v) is 4.96. The molecule has 0 bridgehead atoms. The molecule has 6 heteroatoms. The maximum atomic E-state index is 12.0. The van der Waals surface area contributed by atoms with Crippen molar-refractivity contribution in [2.75, 3.05) is 25.4 Å². The Bertz CT molecular complexity index is 547. The lowest BCUT2D eigenvalue weighted by Gasteiger charge is -2.20. The number of amides is 2. The van der Waals surface area contributed by atoms with Gasteiger partial charge in [-0.25, -0.2) is 4.79 Å². The number of urea groups is 1. The normalized spacial score (nSPS) is 20.9. The van der Waals surface area contributed by atoms with Crippen LogP contribution in [0.4, 0.5) is 4.79 Å². The average Bonchev–Trinajstić information content (AvgIpc) is 2.89. The second-order valence-electron chi connectivity index (χ2n) is 5.93. The van der Waals surface area contributed by atoms with Crippen LogP contribution in [0.5, 0.6) is 0 Å². The van der Waals surface area contributed by atoms with Crippen LogP contribution in [0.15, 0.2) is 29.2 Å². The summed E-state index contributed by atoms with van der Waals surface area (Å²) in [6.45, 7) is 5.09. The van der Waals surface area contributed by atoms with Gasteiger partial charge >= 0.3 is 12.0 Å². The number of rotatable bonds is 5. The third-order valence-electron chi connectivity index (χ3n) is 3.94. The number of thioether (sulfide) groups is 1. The number of benzene rings is 1. The number of hydrogen-bond acceptors (Lipinski definition) is 3. The van der Waals surface area contributed by atoms with Gasteiger partial charge in [0, 0.05) is 30.3 Å². The predicted molar refractivity (Wildman–Crippen MR) is 87.2 cm³/mol. The van der Waals surface area contributed by atoms with Crippen LogP contribution < -0.4 is 5.32 Å². The molecule has 0 saturated carbocycles. The van der Waals surface area contributed by atoms with E-state index in [1.807, 2.05) is 0 Å². The highest BCUT2D eigenvalue weighted by atomic mass is 32.2. The smallest absolute Gasteiger partial charge is 0.317 e. The molecule has 1 fully saturated rings. The van der Waals surface area contributed by atoms with Crippen LogP contribution in [-0.4, -0.2) is 47.4 Å². The number of aryl methyl sites for hydroxylation is 1. The number of carbonyl (C=O) groups is 2. The van der Waals surface area contributed by atoms with Crippen molar-refractivity contribution >= 4 is 23.8 Å². The van der Waals surface area contributed by atoms with E-state index in [0.29, 0.717) is 19.5 Å². The molecule has 1 unspecified atom stereocenters. The number of likely N-dealkylation sites (tertiary alicyclic amines) is 1. The van der Waals surface area contributed by atoms with Crippen molar-refractivity contribution in [2.45, 2.75) is 25.2 Å². The molecule has 2 N–H and O–H groups in total. The average molecular weight is 322 g/mol. The van der Waals surface area contributed by atoms with Gasteiger partial charge in [0.15, 0.2) is 0 Å². The molecule has 0 aliphatic carbocycles. The first kappa shape index (κ1) is 16.7. The van der Waals surface area contributed by atoms with Crippen LogP contribution in [-0.2, 0) is 4.79 Å². The van der Waals surface area contributed by atoms with Crippen molar-refractivity contribution in [1.82, 2.24) is 10.2 Å². The molecular weight excluding hydrogens is 300 g/mol. The molecule has 1 aliphatic heterocycles. The number of aliphatic carboxylic acids is 1. The molecule has 1 heterocycles. The Balaban J connectivity index is 1.70. The maximum absolute atomic E-state index is 12.0. The molecule has 1 atom stereocenters. The van der Waals surface area contributed by atoms with Gasteiger partial charge in [0.25, 0.3) is 0 Å². The molecule has 1 saturated heterocycles. The number of carbonyl (C=O) groups excluding carboxylic acids is 1. The van der Waals surface area contributed by atoms with E-state index >= 15 is 0 Å². The zero-order valence-corrected chi connectivity index (χ0v) is 13.8. The van der Waals surface area contributed by atoms with Gasteiger partial charge in [-0.05, 0) is 32.4 Å². The van der Waals surface area contributed by atoms with E-state index in [1.54, 1.807) is 23.6 Å². The van der Waals surface area contributed by atoms with Crippen molar-refractivity contribution in [1.29, 1.82) is 0 Å². The summed E-state index contributed by atoms with van der Waals surface area (Å²) in [7, 11) is 0. The fraction of sp³-hybridized carbons (Fsp3) is 0.500. The second-order valence-corrected chi connectivity index (χ2v) is 7.10. The monoisotopic (exact) mass is 322 g/mol. The molecule has 2 rings (SSSR count). The number of carboxylic acids is 1. The second kappa shape index (κ2) is 7.05. The highest BCUT2D eigenvalue weighted by Crippen LogP contribution is 2.29. The largest absolute Gasteiger partial charge is 0.481 e. The molecule has 2 amide bonds. The van der Waals surface area contributed by atoms with E-state index < -0.39 is 11.4 Å². The van der Waals surface area contributed by atoms with Crippen molar-refractivity contribution in [3.05, 3.63) is 29.8 Å². The van der Waals surface area contributed by atoms with Gasteiger partial charge < -0.3 is 15.3 Å². The lowest BCUT2D eigenvalue weighted by atomic mass is 9.90. The molecule has 0 spiro atoms. The van der Waals surface area contributed by atoms with E-state index in [-0.39, 0.29) is 12.6 Å². The van der Waals surface area contributed by atoms with Crippen molar-refractivity contribution in [2.24, 2.45) is 5.41 Å². The molecule has 0 radical (unpaired) electrons. The molecule has 22 heavy (non-hydrogen) atoms. The van der Waals surface area contributed by atoms with E-state index in [9.17, 15) is 14.7 Å². The summed E-state index contributed by atoms with van der Waals surface area (Å²) in [5, 5.41) is 12.0. The summed E-state index contributed by atoms with van der Waals surface area (Å²) < 4.78 is 0. The summed E-state index contributed by atoms with van der Waals surface area (Å²) in [6, 6.07) is 8.10. The summed E-state index contributed by atoms with van der Waals surface area (Å²) in [5.74, 6) is -0.0449. The van der Waals surface area contributed by atoms with Gasteiger partial charge in [-0.15, -0.1) is 11.8 Å². The zero-order chi connectivity index (χ0) is 16.2. The first-order valence-corrected chi connectivity index (χ1v) is 8.35. The first-order chi connectivity index (χ1) is 10.4. The number of carboxylic acid groups (broad SMARTS) is 1. The number of nitrogens with one attached hydrogen (secondary N) is 1. The van der Waals surface area contributed by atoms with Gasteiger partial charge in [-0.1, -0.05) is 17.7 Å². The number of nitrogens with zero attached hydrogens (tertiary/aromatic N) is 1. The van der Waals surface area contributed by atoms with Crippen LogP contribution in [0.25, 0.3) is 0 Å². The van der Waals surface area contributed by atoms with E-state index in [4.69, 9.17) is 0 Å². The van der Waals surface area contributed by atoms with E-state index in [0.717, 1.165) is 5.75 Å². The van der Waals surface area contributed by atoms with E-state index in [2.05, 4.69) is 36.5 Å². The molecule has 5 nitrogen and oxygen atoms in total. The lowest BCUT2D eigenvalue weighted by molar-refractivity contribution is -0.146. The Morgan fingerprint density at radius 3 is 2.64 bits per heavy atom. The van der Waals surface area contributed by atoms with Crippen LogP contribution in [0.1, 0.15) is 18.9 Å². The minimum Gasteiger partial charge on any atom is -0.481 e. The van der Waals surface area contributed by atoms with Crippen molar-refractivity contribution in [3.8, 4) is 0 Å². The maximum Gasteiger partial charge on any atom is 0.317 e. The van der Waals surface area contributed by atoms with Crippen LogP contribution >= 0.6 is 11.8 Å². The van der Waals surface area contributed by atoms with Gasteiger partial charge in [-0.3, -0.25) is 4.79 Å². The SMILES string of the molecule is Cc1ccc(SCCNC(=O)N2CCC(C)(C(=O)O)C2)cc1. The van der Waals surface area contributed by atoms with Gasteiger partial charge in [0.2, 0.25) is 0 Å². The summed E-state index contributed by atoms with van der Waals surface area (Å²) in [4.78, 5) is 26.0. The Morgan fingerprint density at radius 1 is 1.36 bits per heavy atom. The topological polar surface area (TPSA) is 69.6 Å². The minimum absolute atomic E-state index is 0.172. The zero-order valence-electron chi connectivity index (χ0n) is 13.0. The highest BCUT2D eigenvalue weighted by molar-refractivity contribution is 7.99. The highest BCUT2D eigenvalue weighted by Gasteiger charge is 2.42. The van der Waals surface area contributed by atoms with Crippen molar-refractivity contribution < 1.29 is 14.7 Å². The summed E-state index contributed by atoms with van der Waals surface area (Å²) in [5.41, 5.74) is 0.418. The summed E-state index contributed by atoms with van der Waals surface area (Å²) in [6.07, 6.45) is 0.508. The van der Waals surface area contributed by atoms with Crippen molar-refractivity contribution in [3.63, 3.8) is 0 Å². The fourth-order valence-electron chi connectivity index (χ4n) is 2.38.